The third-order valence-electron chi connectivity index (χ3n) is 6.69. The van der Waals surface area contributed by atoms with Gasteiger partial charge in [0.2, 0.25) is 5.69 Å². The summed E-state index contributed by atoms with van der Waals surface area (Å²) in [6.45, 7) is 0. The van der Waals surface area contributed by atoms with Crippen molar-refractivity contribution in [2.75, 3.05) is 12.4 Å². The van der Waals surface area contributed by atoms with Gasteiger partial charge in [0.05, 0.1) is 41.0 Å². The SMILES string of the molecule is COC(=O)Nc1ccc(-c2cn(C3CCc4cc(-c5c(-n6cnnn6)ccc(Cl)c5F)c[n+]([O-])c43)cn2)cc1. The van der Waals surface area contributed by atoms with E-state index in [1.807, 2.05) is 29.0 Å². The lowest BCUT2D eigenvalue weighted by molar-refractivity contribution is -0.615. The number of carbonyl (C=O) groups is 1. The highest BCUT2D eigenvalue weighted by Crippen LogP contribution is 2.38. The van der Waals surface area contributed by atoms with Gasteiger partial charge in [-0.25, -0.2) is 14.2 Å². The summed E-state index contributed by atoms with van der Waals surface area (Å²) in [6, 6.07) is 11.8. The molecule has 1 amide bonds. The molecule has 0 radical (unpaired) electrons. The number of nitrogens with zero attached hydrogens (tertiary/aromatic N) is 7. The number of anilines is 1. The predicted molar refractivity (Wildman–Crippen MR) is 139 cm³/mol. The number of aromatic nitrogens is 7. The molecule has 1 unspecified atom stereocenters. The lowest BCUT2D eigenvalue weighted by Gasteiger charge is -2.15. The second-order valence-electron chi connectivity index (χ2n) is 8.93. The first-order chi connectivity index (χ1) is 18.9. The number of hydrogen-bond donors (Lipinski definition) is 1. The molecule has 39 heavy (non-hydrogen) atoms. The van der Waals surface area contributed by atoms with E-state index in [2.05, 4.69) is 30.6 Å². The quantitative estimate of drug-likeness (QED) is 0.257. The van der Waals surface area contributed by atoms with E-state index in [9.17, 15) is 10.0 Å². The Kier molecular flexibility index (Phi) is 6.15. The Balaban J connectivity index is 1.32. The Morgan fingerprint density at radius 3 is 2.77 bits per heavy atom. The fourth-order valence-corrected chi connectivity index (χ4v) is 5.04. The van der Waals surface area contributed by atoms with Crippen LogP contribution in [0.4, 0.5) is 14.9 Å². The smallest absolute Gasteiger partial charge is 0.411 e. The maximum Gasteiger partial charge on any atom is 0.411 e. The maximum absolute atomic E-state index is 15.3. The van der Waals surface area contributed by atoms with Gasteiger partial charge in [0.15, 0.2) is 12.0 Å². The molecule has 0 saturated carbocycles. The van der Waals surface area contributed by atoms with Gasteiger partial charge in [0.1, 0.15) is 12.4 Å². The van der Waals surface area contributed by atoms with Crippen LogP contribution in [0.25, 0.3) is 28.1 Å². The average Bonchev–Trinajstić information content (AvgIpc) is 3.71. The summed E-state index contributed by atoms with van der Waals surface area (Å²) in [5.74, 6) is -0.661. The monoisotopic (exact) mass is 546 g/mol. The number of methoxy groups -OCH3 is 1. The van der Waals surface area contributed by atoms with Crippen molar-refractivity contribution >= 4 is 23.4 Å². The van der Waals surface area contributed by atoms with Crippen LogP contribution >= 0.6 is 11.6 Å². The van der Waals surface area contributed by atoms with E-state index in [-0.39, 0.29) is 16.6 Å². The minimum absolute atomic E-state index is 0.0716. The molecule has 5 aromatic rings. The van der Waals surface area contributed by atoms with Gasteiger partial charge in [-0.1, -0.05) is 23.7 Å². The van der Waals surface area contributed by atoms with E-state index in [4.69, 9.17) is 11.6 Å². The van der Waals surface area contributed by atoms with Crippen LogP contribution in [0.2, 0.25) is 5.02 Å². The maximum atomic E-state index is 15.3. The van der Waals surface area contributed by atoms with Gasteiger partial charge in [-0.15, -0.1) is 5.10 Å². The predicted octanol–water partition coefficient (Wildman–Crippen LogP) is 4.33. The highest BCUT2D eigenvalue weighted by Gasteiger charge is 2.34. The van der Waals surface area contributed by atoms with Crippen molar-refractivity contribution in [1.29, 1.82) is 0 Å². The minimum Gasteiger partial charge on any atom is -0.618 e. The molecule has 0 saturated heterocycles. The zero-order valence-electron chi connectivity index (χ0n) is 20.5. The summed E-state index contributed by atoms with van der Waals surface area (Å²) in [6.07, 6.45) is 7.02. The molecular formula is C26H20ClFN8O3. The van der Waals surface area contributed by atoms with Gasteiger partial charge in [-0.2, -0.15) is 9.41 Å². The van der Waals surface area contributed by atoms with Crippen molar-refractivity contribution in [3.05, 3.63) is 94.8 Å². The Labute approximate surface area is 226 Å². The molecule has 1 atom stereocenters. The number of nitrogens with one attached hydrogen (secondary N) is 1. The normalized spacial score (nSPS) is 14.3. The van der Waals surface area contributed by atoms with E-state index < -0.39 is 11.9 Å². The Morgan fingerprint density at radius 1 is 1.21 bits per heavy atom. The molecule has 0 bridgehead atoms. The molecule has 0 spiro atoms. The second kappa shape index (κ2) is 9.80. The fourth-order valence-electron chi connectivity index (χ4n) is 4.88. The number of pyridine rings is 1. The van der Waals surface area contributed by atoms with Crippen LogP contribution in [0.3, 0.4) is 0 Å². The number of imidazole rings is 1. The molecule has 0 fully saturated rings. The topological polar surface area (TPSA) is 127 Å². The Hall–Kier alpha value is -4.84. The van der Waals surface area contributed by atoms with Gasteiger partial charge < -0.3 is 14.5 Å². The largest absolute Gasteiger partial charge is 0.618 e. The lowest BCUT2D eigenvalue weighted by atomic mass is 10.0. The van der Waals surface area contributed by atoms with Gasteiger partial charge in [0, 0.05) is 23.0 Å². The summed E-state index contributed by atoms with van der Waals surface area (Å²) >= 11 is 6.09. The van der Waals surface area contributed by atoms with E-state index >= 15 is 4.39 Å². The molecule has 1 N–H and O–H groups in total. The molecule has 2 aromatic carbocycles. The summed E-state index contributed by atoms with van der Waals surface area (Å²) in [7, 11) is 1.30. The third kappa shape index (κ3) is 4.44. The second-order valence-corrected chi connectivity index (χ2v) is 9.34. The molecule has 3 heterocycles. The first kappa shape index (κ1) is 24.5. The Morgan fingerprint density at radius 2 is 2.03 bits per heavy atom. The number of aryl methyl sites for hydroxylation is 1. The number of hydrogen-bond acceptors (Lipinski definition) is 7. The first-order valence-corrected chi connectivity index (χ1v) is 12.3. The average molecular weight is 547 g/mol. The number of fused-ring (bicyclic) bond motifs is 1. The molecule has 3 aromatic heterocycles. The van der Waals surface area contributed by atoms with E-state index in [1.54, 1.807) is 24.5 Å². The highest BCUT2D eigenvalue weighted by molar-refractivity contribution is 6.31. The van der Waals surface area contributed by atoms with Crippen molar-refractivity contribution < 1.29 is 18.7 Å². The molecule has 11 nitrogen and oxygen atoms in total. The van der Waals surface area contributed by atoms with Crippen LogP contribution in [0.1, 0.15) is 23.7 Å². The van der Waals surface area contributed by atoms with Crippen LogP contribution < -0.4 is 10.0 Å². The van der Waals surface area contributed by atoms with Crippen LogP contribution in [0, 0.1) is 11.0 Å². The van der Waals surface area contributed by atoms with Crippen molar-refractivity contribution in [3.63, 3.8) is 0 Å². The van der Waals surface area contributed by atoms with Crippen molar-refractivity contribution in [2.24, 2.45) is 0 Å². The van der Waals surface area contributed by atoms with Crippen molar-refractivity contribution in [3.8, 4) is 28.1 Å². The van der Waals surface area contributed by atoms with Crippen molar-refractivity contribution in [2.45, 2.75) is 18.9 Å². The third-order valence-corrected chi connectivity index (χ3v) is 6.98. The minimum atomic E-state index is -0.661. The molecule has 0 aliphatic heterocycles. The molecule has 6 rings (SSSR count). The number of halogens is 2. The fraction of sp³-hybridized carbons (Fsp3) is 0.154. The number of benzene rings is 2. The van der Waals surface area contributed by atoms with E-state index in [0.717, 1.165) is 15.9 Å². The first-order valence-electron chi connectivity index (χ1n) is 11.9. The van der Waals surface area contributed by atoms with Gasteiger partial charge in [-0.3, -0.25) is 5.32 Å². The number of tetrazole rings is 1. The number of amides is 1. The van der Waals surface area contributed by atoms with Crippen molar-refractivity contribution in [1.82, 2.24) is 29.8 Å². The number of ether oxygens (including phenoxy) is 1. The van der Waals surface area contributed by atoms with Gasteiger partial charge >= 0.3 is 6.09 Å². The zero-order valence-corrected chi connectivity index (χ0v) is 21.2. The van der Waals surface area contributed by atoms with E-state index in [0.29, 0.717) is 41.2 Å². The van der Waals surface area contributed by atoms with Crippen LogP contribution in [-0.2, 0) is 11.2 Å². The summed E-state index contributed by atoms with van der Waals surface area (Å²) < 4.78 is 23.9. The van der Waals surface area contributed by atoms with Crippen LogP contribution in [0.5, 0.6) is 0 Å². The Bertz CT molecular complexity index is 1690. The van der Waals surface area contributed by atoms with E-state index in [1.165, 1.54) is 30.4 Å². The number of rotatable bonds is 5. The standard InChI is InChI=1S/C26H20ClFN8O3/c1-39-26(37)31-18-5-2-15(3-6-18)20-12-34(13-29-20)22-8-4-16-10-17(11-36(38)25(16)22)23-21(35-14-30-32-33-35)9-7-19(27)24(23)28/h2-3,5-7,9-14,22H,4,8H2,1H3,(H,31,37). The summed E-state index contributed by atoms with van der Waals surface area (Å²) in [5, 5.41) is 27.0. The molecule has 1 aliphatic rings. The summed E-state index contributed by atoms with van der Waals surface area (Å²) in [5.41, 5.74) is 4.42. The summed E-state index contributed by atoms with van der Waals surface area (Å²) in [4.78, 5) is 15.9. The van der Waals surface area contributed by atoms with Gasteiger partial charge in [-0.05, 0) is 53.6 Å². The highest BCUT2D eigenvalue weighted by atomic mass is 35.5. The lowest BCUT2D eigenvalue weighted by Crippen LogP contribution is -2.34. The molecule has 13 heteroatoms. The van der Waals surface area contributed by atoms with Crippen LogP contribution in [-0.4, -0.2) is 43.0 Å². The molecular weight excluding hydrogens is 527 g/mol. The van der Waals surface area contributed by atoms with Gasteiger partial charge in [0.25, 0.3) is 0 Å². The zero-order chi connectivity index (χ0) is 27.1. The van der Waals surface area contributed by atoms with Crippen LogP contribution in [0.15, 0.2) is 67.5 Å². The molecule has 196 valence electrons. The molecule has 1 aliphatic carbocycles. The number of carbonyl (C=O) groups excluding carboxylic acids is 1.